The molecular formula is C18H21NO3S. The topological polar surface area (TPSA) is 63.2 Å². The van der Waals surface area contributed by atoms with Crippen LogP contribution in [0.25, 0.3) is 0 Å². The number of benzene rings is 2. The number of hydrogen-bond donors (Lipinski definition) is 1. The van der Waals surface area contributed by atoms with E-state index >= 15 is 0 Å². The first kappa shape index (κ1) is 17.2. The molecule has 2 rings (SSSR count). The highest BCUT2D eigenvalue weighted by Crippen LogP contribution is 2.06. The van der Waals surface area contributed by atoms with Crippen LogP contribution in [0.2, 0.25) is 0 Å². The summed E-state index contributed by atoms with van der Waals surface area (Å²) in [5.41, 5.74) is 2.82. The molecule has 0 spiro atoms. The van der Waals surface area contributed by atoms with E-state index in [1.165, 1.54) is 0 Å². The van der Waals surface area contributed by atoms with E-state index < -0.39 is 9.84 Å². The molecule has 0 heterocycles. The normalized spacial score (nSPS) is 11.2. The van der Waals surface area contributed by atoms with Crippen molar-refractivity contribution in [1.82, 2.24) is 5.32 Å². The molecule has 0 atom stereocenters. The first-order valence-corrected chi connectivity index (χ1v) is 9.33. The molecule has 122 valence electrons. The first-order valence-electron chi connectivity index (χ1n) is 7.51. The van der Waals surface area contributed by atoms with Gasteiger partial charge in [-0.25, -0.2) is 8.42 Å². The third kappa shape index (κ3) is 6.24. The number of carbonyl (C=O) groups excluding carboxylic acids is 1. The lowest BCUT2D eigenvalue weighted by Gasteiger charge is -2.07. The molecule has 0 saturated heterocycles. The number of aryl methyl sites for hydroxylation is 1. The van der Waals surface area contributed by atoms with Crippen molar-refractivity contribution in [3.8, 4) is 0 Å². The second-order valence-corrected chi connectivity index (χ2v) is 7.77. The number of carbonyl (C=O) groups is 1. The van der Waals surface area contributed by atoms with Crippen LogP contribution in [0.1, 0.15) is 16.7 Å². The Hall–Kier alpha value is -2.14. The summed E-state index contributed by atoms with van der Waals surface area (Å²) in [5.74, 6) is -0.216. The van der Waals surface area contributed by atoms with Crippen LogP contribution in [-0.2, 0) is 26.8 Å². The quantitative estimate of drug-likeness (QED) is 0.846. The molecule has 1 amide bonds. The molecule has 0 bridgehead atoms. The van der Waals surface area contributed by atoms with Gasteiger partial charge in [-0.3, -0.25) is 4.79 Å². The third-order valence-corrected chi connectivity index (χ3v) is 5.05. The Morgan fingerprint density at radius 2 is 1.61 bits per heavy atom. The van der Waals surface area contributed by atoms with Crippen molar-refractivity contribution in [2.24, 2.45) is 0 Å². The monoisotopic (exact) mass is 331 g/mol. The van der Waals surface area contributed by atoms with E-state index in [-0.39, 0.29) is 30.4 Å². The fraction of sp³-hybridized carbons (Fsp3) is 0.278. The number of rotatable bonds is 7. The van der Waals surface area contributed by atoms with E-state index in [4.69, 9.17) is 0 Å². The summed E-state index contributed by atoms with van der Waals surface area (Å²) in [4.78, 5) is 11.8. The van der Waals surface area contributed by atoms with Crippen LogP contribution in [0, 0.1) is 6.92 Å². The molecule has 0 unspecified atom stereocenters. The summed E-state index contributed by atoms with van der Waals surface area (Å²) in [6.45, 7) is 2.13. The highest BCUT2D eigenvalue weighted by Gasteiger charge is 2.12. The zero-order chi connectivity index (χ0) is 16.7. The fourth-order valence-electron chi connectivity index (χ4n) is 2.20. The second kappa shape index (κ2) is 7.92. The average molecular weight is 331 g/mol. The number of nitrogens with one attached hydrogen (secondary N) is 1. The maximum absolute atomic E-state index is 12.0. The predicted octanol–water partition coefficient (Wildman–Crippen LogP) is 2.27. The van der Waals surface area contributed by atoms with Gasteiger partial charge in [-0.2, -0.15) is 0 Å². The van der Waals surface area contributed by atoms with Crippen LogP contribution < -0.4 is 5.32 Å². The van der Waals surface area contributed by atoms with E-state index in [1.807, 2.05) is 49.4 Å². The molecule has 2 aromatic rings. The number of amides is 1. The van der Waals surface area contributed by atoms with Gasteiger partial charge in [0.1, 0.15) is 0 Å². The van der Waals surface area contributed by atoms with Gasteiger partial charge in [-0.15, -0.1) is 0 Å². The summed E-state index contributed by atoms with van der Waals surface area (Å²) in [6.07, 6.45) is 0.263. The number of hydrogen-bond acceptors (Lipinski definition) is 3. The van der Waals surface area contributed by atoms with Crippen molar-refractivity contribution >= 4 is 15.7 Å². The Labute approximate surface area is 137 Å². The first-order chi connectivity index (χ1) is 10.9. The van der Waals surface area contributed by atoms with Crippen molar-refractivity contribution < 1.29 is 13.2 Å². The van der Waals surface area contributed by atoms with Crippen molar-refractivity contribution in [2.45, 2.75) is 19.1 Å². The van der Waals surface area contributed by atoms with Crippen LogP contribution in [-0.4, -0.2) is 26.6 Å². The van der Waals surface area contributed by atoms with Gasteiger partial charge in [-0.05, 0) is 18.1 Å². The molecule has 1 N–H and O–H groups in total. The molecule has 0 radical (unpaired) electrons. The summed E-state index contributed by atoms with van der Waals surface area (Å²) in [6, 6.07) is 16.8. The van der Waals surface area contributed by atoms with Crippen LogP contribution in [0.4, 0.5) is 0 Å². The molecular weight excluding hydrogens is 310 g/mol. The van der Waals surface area contributed by atoms with Crippen LogP contribution in [0.15, 0.2) is 54.6 Å². The van der Waals surface area contributed by atoms with Crippen LogP contribution in [0.3, 0.4) is 0 Å². The average Bonchev–Trinajstić information content (AvgIpc) is 2.50. The van der Waals surface area contributed by atoms with Crippen LogP contribution >= 0.6 is 0 Å². The summed E-state index contributed by atoms with van der Waals surface area (Å²) in [7, 11) is -3.22. The molecule has 0 aliphatic heterocycles. The van der Waals surface area contributed by atoms with Crippen molar-refractivity contribution in [1.29, 1.82) is 0 Å². The van der Waals surface area contributed by atoms with Crippen molar-refractivity contribution in [3.05, 3.63) is 71.3 Å². The summed E-state index contributed by atoms with van der Waals surface area (Å²) in [5, 5.41) is 2.67. The largest absolute Gasteiger partial charge is 0.355 e. The summed E-state index contributed by atoms with van der Waals surface area (Å²) < 4.78 is 24.1. The Balaban J connectivity index is 1.77. The highest BCUT2D eigenvalue weighted by atomic mass is 32.2. The minimum atomic E-state index is -3.22. The standard InChI is InChI=1S/C18H21NO3S/c1-15-7-9-16(10-8-15)13-18(20)19-11-12-23(21,22)14-17-5-3-2-4-6-17/h2-10H,11-14H2,1H3,(H,19,20). The van der Waals surface area contributed by atoms with Gasteiger partial charge in [0.15, 0.2) is 9.84 Å². The summed E-state index contributed by atoms with van der Waals surface area (Å²) >= 11 is 0. The second-order valence-electron chi connectivity index (χ2n) is 5.59. The lowest BCUT2D eigenvalue weighted by atomic mass is 10.1. The van der Waals surface area contributed by atoms with Gasteiger partial charge in [0.25, 0.3) is 0 Å². The van der Waals surface area contributed by atoms with Crippen molar-refractivity contribution in [3.63, 3.8) is 0 Å². The lowest BCUT2D eigenvalue weighted by molar-refractivity contribution is -0.120. The minimum absolute atomic E-state index is 0.00166. The van der Waals surface area contributed by atoms with Gasteiger partial charge >= 0.3 is 0 Å². The zero-order valence-electron chi connectivity index (χ0n) is 13.2. The molecule has 4 nitrogen and oxygen atoms in total. The molecule has 0 aliphatic carbocycles. The van der Waals surface area contributed by atoms with E-state index in [1.54, 1.807) is 12.1 Å². The minimum Gasteiger partial charge on any atom is -0.355 e. The maximum atomic E-state index is 12.0. The number of sulfone groups is 1. The fourth-order valence-corrected chi connectivity index (χ4v) is 3.46. The Bertz CT molecular complexity index is 738. The Morgan fingerprint density at radius 3 is 2.26 bits per heavy atom. The Kier molecular flexibility index (Phi) is 5.93. The molecule has 5 heteroatoms. The van der Waals surface area contributed by atoms with Gasteiger partial charge in [0.05, 0.1) is 17.9 Å². The zero-order valence-corrected chi connectivity index (χ0v) is 14.0. The molecule has 0 fully saturated rings. The molecule has 2 aromatic carbocycles. The van der Waals surface area contributed by atoms with Gasteiger partial charge in [-0.1, -0.05) is 60.2 Å². The van der Waals surface area contributed by atoms with E-state index in [0.29, 0.717) is 0 Å². The molecule has 0 aliphatic rings. The van der Waals surface area contributed by atoms with E-state index in [9.17, 15) is 13.2 Å². The lowest BCUT2D eigenvalue weighted by Crippen LogP contribution is -2.30. The van der Waals surface area contributed by atoms with Gasteiger partial charge in [0, 0.05) is 6.54 Å². The molecule has 23 heavy (non-hydrogen) atoms. The Morgan fingerprint density at radius 1 is 0.957 bits per heavy atom. The van der Waals surface area contributed by atoms with Gasteiger partial charge in [0.2, 0.25) is 5.91 Å². The van der Waals surface area contributed by atoms with Crippen LogP contribution in [0.5, 0.6) is 0 Å². The molecule has 0 aromatic heterocycles. The maximum Gasteiger partial charge on any atom is 0.224 e. The predicted molar refractivity (Wildman–Crippen MR) is 91.8 cm³/mol. The smallest absolute Gasteiger partial charge is 0.224 e. The SMILES string of the molecule is Cc1ccc(CC(=O)NCCS(=O)(=O)Cc2ccccc2)cc1. The van der Waals surface area contributed by atoms with Gasteiger partial charge < -0.3 is 5.32 Å². The van der Waals surface area contributed by atoms with Crippen molar-refractivity contribution in [2.75, 3.05) is 12.3 Å². The van der Waals surface area contributed by atoms with E-state index in [2.05, 4.69) is 5.32 Å². The molecule has 0 saturated carbocycles. The third-order valence-electron chi connectivity index (χ3n) is 3.45. The van der Waals surface area contributed by atoms with E-state index in [0.717, 1.165) is 16.7 Å². The highest BCUT2D eigenvalue weighted by molar-refractivity contribution is 7.90.